The molecule has 0 bridgehead atoms. The Morgan fingerprint density at radius 2 is 2.24 bits per heavy atom. The van der Waals surface area contributed by atoms with Crippen molar-refractivity contribution in [3.63, 3.8) is 0 Å². The number of benzene rings is 1. The number of aldehydes is 1. The van der Waals surface area contributed by atoms with E-state index in [0.717, 1.165) is 9.35 Å². The molecule has 1 unspecified atom stereocenters. The molecule has 21 heavy (non-hydrogen) atoms. The zero-order valence-electron chi connectivity index (χ0n) is 10.4. The molecular weight excluding hydrogens is 358 g/mol. The Labute approximate surface area is 131 Å². The molecule has 0 aliphatic carbocycles. The second-order valence-corrected chi connectivity index (χ2v) is 6.19. The number of carbonyl (C=O) groups is 1. The van der Waals surface area contributed by atoms with Gasteiger partial charge in [-0.1, -0.05) is 0 Å². The summed E-state index contributed by atoms with van der Waals surface area (Å²) in [5.74, 6) is 0. The molecule has 1 aromatic carbocycles. The van der Waals surface area contributed by atoms with Crippen LogP contribution in [0.5, 0.6) is 0 Å². The number of hydrogen-bond acceptors (Lipinski definition) is 6. The minimum Gasteiger partial charge on any atom is -0.359 e. The third-order valence-electron chi connectivity index (χ3n) is 3.02. The summed E-state index contributed by atoms with van der Waals surface area (Å²) < 4.78 is 0.946. The molecule has 0 amide bonds. The number of anilines is 1. The van der Waals surface area contributed by atoms with E-state index in [-0.39, 0.29) is 17.6 Å². The predicted molar refractivity (Wildman–Crippen MR) is 84.1 cm³/mol. The van der Waals surface area contributed by atoms with Crippen molar-refractivity contribution >= 4 is 50.6 Å². The Morgan fingerprint density at radius 3 is 2.86 bits per heavy atom. The molecule has 1 aliphatic heterocycles. The number of aliphatic imine (C=N–C) groups is 1. The normalized spacial score (nSPS) is 16.6. The van der Waals surface area contributed by atoms with Gasteiger partial charge < -0.3 is 5.32 Å². The number of nitrogens with one attached hydrogen (secondary N) is 1. The van der Waals surface area contributed by atoms with Crippen molar-refractivity contribution in [1.82, 2.24) is 0 Å². The predicted octanol–water partition coefficient (Wildman–Crippen LogP) is 3.53. The molecule has 1 aromatic heterocycles. The molecule has 0 fully saturated rings. The van der Waals surface area contributed by atoms with Crippen molar-refractivity contribution in [2.45, 2.75) is 6.17 Å². The molecule has 2 heterocycles. The highest BCUT2D eigenvalue weighted by Crippen LogP contribution is 2.35. The van der Waals surface area contributed by atoms with Crippen molar-refractivity contribution in [2.24, 2.45) is 4.99 Å². The molecule has 2 aromatic rings. The van der Waals surface area contributed by atoms with Gasteiger partial charge in [-0.2, -0.15) is 0 Å². The van der Waals surface area contributed by atoms with Crippen LogP contribution in [0.15, 0.2) is 39.1 Å². The number of hydrogen-bond donors (Lipinski definition) is 1. The molecular formula is C13H8BrN3O3S. The van der Waals surface area contributed by atoms with Crippen LogP contribution >= 0.6 is 27.3 Å². The Kier molecular flexibility index (Phi) is 3.56. The maximum atomic E-state index is 11.3. The summed E-state index contributed by atoms with van der Waals surface area (Å²) in [6, 6.07) is 6.28. The fourth-order valence-corrected chi connectivity index (χ4v) is 3.50. The summed E-state index contributed by atoms with van der Waals surface area (Å²) >= 11 is 4.89. The van der Waals surface area contributed by atoms with Crippen LogP contribution in [0.3, 0.4) is 0 Å². The fraction of sp³-hybridized carbons (Fsp3) is 0.0769. The molecule has 1 atom stereocenters. The van der Waals surface area contributed by atoms with Crippen molar-refractivity contribution in [3.8, 4) is 0 Å². The van der Waals surface area contributed by atoms with E-state index in [9.17, 15) is 14.9 Å². The van der Waals surface area contributed by atoms with Crippen LogP contribution in [-0.2, 0) is 4.79 Å². The quantitative estimate of drug-likeness (QED) is 0.512. The highest BCUT2D eigenvalue weighted by Gasteiger charge is 2.24. The fourth-order valence-electron chi connectivity index (χ4n) is 2.07. The number of fused-ring (bicyclic) bond motifs is 1. The first kappa shape index (κ1) is 13.9. The second-order valence-electron chi connectivity index (χ2n) is 4.33. The third kappa shape index (κ3) is 2.59. The zero-order chi connectivity index (χ0) is 15.0. The lowest BCUT2D eigenvalue weighted by atomic mass is 10.0. The Morgan fingerprint density at radius 1 is 1.43 bits per heavy atom. The van der Waals surface area contributed by atoms with E-state index in [1.165, 1.54) is 23.5 Å². The van der Waals surface area contributed by atoms with Gasteiger partial charge in [0.05, 0.1) is 9.80 Å². The first-order chi connectivity index (χ1) is 10.1. The monoisotopic (exact) mass is 365 g/mol. The van der Waals surface area contributed by atoms with Crippen LogP contribution in [0.25, 0.3) is 0 Å². The molecule has 3 rings (SSSR count). The molecule has 0 spiro atoms. The number of halogens is 1. The minimum atomic E-state index is -0.495. The lowest BCUT2D eigenvalue weighted by molar-refractivity contribution is -0.384. The number of nitro groups is 1. The lowest BCUT2D eigenvalue weighted by Gasteiger charge is -2.22. The maximum Gasteiger partial charge on any atom is 0.270 e. The van der Waals surface area contributed by atoms with Crippen molar-refractivity contribution in [1.29, 1.82) is 0 Å². The van der Waals surface area contributed by atoms with Gasteiger partial charge in [-0.25, -0.2) is 0 Å². The van der Waals surface area contributed by atoms with Gasteiger partial charge in [0.15, 0.2) is 12.5 Å². The van der Waals surface area contributed by atoms with Gasteiger partial charge in [0.2, 0.25) is 0 Å². The van der Waals surface area contributed by atoms with Crippen molar-refractivity contribution in [2.75, 3.05) is 5.32 Å². The first-order valence-electron chi connectivity index (χ1n) is 5.91. The zero-order valence-corrected chi connectivity index (χ0v) is 12.8. The molecule has 0 radical (unpaired) electrons. The largest absolute Gasteiger partial charge is 0.359 e. The summed E-state index contributed by atoms with van der Waals surface area (Å²) in [5, 5.41) is 15.9. The molecule has 6 nitrogen and oxygen atoms in total. The Hall–Kier alpha value is -2.06. The summed E-state index contributed by atoms with van der Waals surface area (Å²) in [7, 11) is 0. The van der Waals surface area contributed by atoms with Gasteiger partial charge in [0.25, 0.3) is 5.69 Å². The SMILES string of the molecule is O=CC1=NC(c2cc(Br)cs2)Nc2ccc([N+](=O)[O-])cc21. The van der Waals surface area contributed by atoms with Gasteiger partial charge in [-0.15, -0.1) is 11.3 Å². The van der Waals surface area contributed by atoms with E-state index >= 15 is 0 Å². The molecule has 1 aliphatic rings. The van der Waals surface area contributed by atoms with E-state index in [4.69, 9.17) is 0 Å². The van der Waals surface area contributed by atoms with E-state index in [0.29, 0.717) is 17.5 Å². The van der Waals surface area contributed by atoms with Gasteiger partial charge in [-0.3, -0.25) is 19.9 Å². The Balaban J connectivity index is 2.05. The number of carbonyl (C=O) groups excluding carboxylic acids is 1. The topological polar surface area (TPSA) is 84.6 Å². The molecule has 0 saturated carbocycles. The standard InChI is InChI=1S/C13H8BrN3O3S/c14-7-3-12(21-6-7)13-15-10-2-1-8(17(19)20)4-9(10)11(5-18)16-13/h1-6,13,15H. The molecule has 0 saturated heterocycles. The number of thiophene rings is 1. The van der Waals surface area contributed by atoms with E-state index < -0.39 is 4.92 Å². The van der Waals surface area contributed by atoms with Crippen LogP contribution in [0, 0.1) is 10.1 Å². The first-order valence-corrected chi connectivity index (χ1v) is 7.58. The number of nitro benzene ring substituents is 1. The molecule has 8 heteroatoms. The second kappa shape index (κ2) is 5.38. The van der Waals surface area contributed by atoms with Crippen LogP contribution < -0.4 is 5.32 Å². The smallest absolute Gasteiger partial charge is 0.270 e. The van der Waals surface area contributed by atoms with Gasteiger partial charge >= 0.3 is 0 Å². The highest BCUT2D eigenvalue weighted by atomic mass is 79.9. The number of rotatable bonds is 3. The summed E-state index contributed by atoms with van der Waals surface area (Å²) in [6.07, 6.45) is 0.259. The number of nitrogens with zero attached hydrogens (tertiary/aromatic N) is 2. The average Bonchev–Trinajstić information content (AvgIpc) is 2.92. The van der Waals surface area contributed by atoms with Crippen LogP contribution in [0.1, 0.15) is 16.6 Å². The van der Waals surface area contributed by atoms with E-state index in [1.54, 1.807) is 6.07 Å². The average molecular weight is 366 g/mol. The van der Waals surface area contributed by atoms with E-state index in [1.807, 2.05) is 11.4 Å². The lowest BCUT2D eigenvalue weighted by Crippen LogP contribution is -2.20. The highest BCUT2D eigenvalue weighted by molar-refractivity contribution is 9.10. The van der Waals surface area contributed by atoms with Crippen molar-refractivity contribution < 1.29 is 9.72 Å². The van der Waals surface area contributed by atoms with Crippen molar-refractivity contribution in [3.05, 3.63) is 54.7 Å². The molecule has 1 N–H and O–H groups in total. The summed E-state index contributed by atoms with van der Waals surface area (Å²) in [4.78, 5) is 26.9. The van der Waals surface area contributed by atoms with Crippen LogP contribution in [0.4, 0.5) is 11.4 Å². The van der Waals surface area contributed by atoms with Crippen LogP contribution in [-0.4, -0.2) is 16.9 Å². The Bertz CT molecular complexity index is 772. The van der Waals surface area contributed by atoms with Gasteiger partial charge in [-0.05, 0) is 28.1 Å². The molecule has 106 valence electrons. The van der Waals surface area contributed by atoms with E-state index in [2.05, 4.69) is 26.2 Å². The number of non-ortho nitro benzene ring substituents is 1. The van der Waals surface area contributed by atoms with Gasteiger partial charge in [0, 0.05) is 33.2 Å². The van der Waals surface area contributed by atoms with Crippen LogP contribution in [0.2, 0.25) is 0 Å². The minimum absolute atomic E-state index is 0.0672. The maximum absolute atomic E-state index is 11.3. The summed E-state index contributed by atoms with van der Waals surface area (Å²) in [6.45, 7) is 0. The summed E-state index contributed by atoms with van der Waals surface area (Å²) in [5.41, 5.74) is 1.25. The van der Waals surface area contributed by atoms with Gasteiger partial charge in [0.1, 0.15) is 5.71 Å². The third-order valence-corrected chi connectivity index (χ3v) is 4.77.